The second-order valence-electron chi connectivity index (χ2n) is 5.46. The van der Waals surface area contributed by atoms with Crippen molar-refractivity contribution in [3.05, 3.63) is 45.0 Å². The average molecular weight is 389 g/mol. The fourth-order valence-corrected chi connectivity index (χ4v) is 3.42. The van der Waals surface area contributed by atoms with Gasteiger partial charge in [0, 0.05) is 17.3 Å². The number of nitrogens with one attached hydrogen (secondary N) is 1. The minimum atomic E-state index is -0.820. The number of methoxy groups -OCH3 is 1. The topological polar surface area (TPSA) is 129 Å². The standard InChI is InChI=1S/C16H15N5O5S/c1-8-9(2)27-14(11(8)15(23)25-3)19-10(22)7-21-13(20-26-16(21)24)12-17-5-4-6-18-12/h4-6H,7H2,1-3H3,(H,19,22). The first kappa shape index (κ1) is 18.5. The first-order valence-electron chi connectivity index (χ1n) is 7.74. The number of thiophene rings is 1. The fourth-order valence-electron chi connectivity index (χ4n) is 2.36. The third kappa shape index (κ3) is 3.62. The van der Waals surface area contributed by atoms with Crippen LogP contribution in [0.1, 0.15) is 20.8 Å². The molecule has 0 aliphatic carbocycles. The minimum Gasteiger partial charge on any atom is -0.465 e. The van der Waals surface area contributed by atoms with E-state index in [9.17, 15) is 14.4 Å². The summed E-state index contributed by atoms with van der Waals surface area (Å²) in [7, 11) is 1.27. The van der Waals surface area contributed by atoms with Gasteiger partial charge < -0.3 is 10.1 Å². The highest BCUT2D eigenvalue weighted by Crippen LogP contribution is 2.32. The molecule has 11 heteroatoms. The van der Waals surface area contributed by atoms with Crippen molar-refractivity contribution in [3.63, 3.8) is 0 Å². The van der Waals surface area contributed by atoms with Crippen molar-refractivity contribution in [3.8, 4) is 11.6 Å². The molecule has 0 fully saturated rings. The zero-order chi connectivity index (χ0) is 19.6. The van der Waals surface area contributed by atoms with E-state index in [1.54, 1.807) is 13.0 Å². The Bertz CT molecular complexity index is 1050. The van der Waals surface area contributed by atoms with Crippen molar-refractivity contribution >= 4 is 28.2 Å². The predicted octanol–water partition coefficient (Wildman–Crippen LogP) is 1.40. The lowest BCUT2D eigenvalue weighted by Gasteiger charge is -2.07. The molecule has 27 heavy (non-hydrogen) atoms. The Kier molecular flexibility index (Phi) is 5.12. The normalized spacial score (nSPS) is 10.6. The molecule has 3 aromatic heterocycles. The maximum Gasteiger partial charge on any atom is 0.442 e. The highest BCUT2D eigenvalue weighted by molar-refractivity contribution is 7.16. The highest BCUT2D eigenvalue weighted by Gasteiger charge is 2.23. The van der Waals surface area contributed by atoms with Crippen molar-refractivity contribution in [2.45, 2.75) is 20.4 Å². The molecule has 3 heterocycles. The number of aryl methyl sites for hydroxylation is 1. The molecular formula is C16H15N5O5S. The predicted molar refractivity (Wildman–Crippen MR) is 95.6 cm³/mol. The van der Waals surface area contributed by atoms with Crippen LogP contribution in [-0.2, 0) is 16.1 Å². The largest absolute Gasteiger partial charge is 0.465 e. The van der Waals surface area contributed by atoms with Gasteiger partial charge >= 0.3 is 11.7 Å². The summed E-state index contributed by atoms with van der Waals surface area (Å²) in [6, 6.07) is 1.61. The number of rotatable bonds is 5. The molecule has 1 N–H and O–H groups in total. The first-order chi connectivity index (χ1) is 12.9. The van der Waals surface area contributed by atoms with Gasteiger partial charge in [0.15, 0.2) is 5.82 Å². The number of esters is 1. The van der Waals surface area contributed by atoms with Gasteiger partial charge in [-0.05, 0) is 25.5 Å². The Balaban J connectivity index is 1.87. The van der Waals surface area contributed by atoms with Gasteiger partial charge in [-0.1, -0.05) is 5.16 Å². The van der Waals surface area contributed by atoms with E-state index in [4.69, 9.17) is 4.74 Å². The summed E-state index contributed by atoms with van der Waals surface area (Å²) in [4.78, 5) is 45.2. The minimum absolute atomic E-state index is 0.0301. The molecule has 0 aromatic carbocycles. The second-order valence-corrected chi connectivity index (χ2v) is 6.68. The number of carbonyl (C=O) groups is 2. The summed E-state index contributed by atoms with van der Waals surface area (Å²) in [5.74, 6) is -1.73. The lowest BCUT2D eigenvalue weighted by molar-refractivity contribution is -0.116. The van der Waals surface area contributed by atoms with Crippen LogP contribution in [0.2, 0.25) is 0 Å². The van der Waals surface area contributed by atoms with Crippen LogP contribution in [0.25, 0.3) is 11.6 Å². The quantitative estimate of drug-likeness (QED) is 0.648. The van der Waals surface area contributed by atoms with Gasteiger partial charge in [0.25, 0.3) is 0 Å². The Morgan fingerprint density at radius 2 is 2.00 bits per heavy atom. The summed E-state index contributed by atoms with van der Waals surface area (Å²) in [6.45, 7) is 3.22. The number of amides is 1. The van der Waals surface area contributed by atoms with E-state index in [-0.39, 0.29) is 23.8 Å². The van der Waals surface area contributed by atoms with E-state index in [1.165, 1.54) is 30.8 Å². The number of hydrogen-bond donors (Lipinski definition) is 1. The van der Waals surface area contributed by atoms with E-state index in [2.05, 4.69) is 25.0 Å². The summed E-state index contributed by atoms with van der Waals surface area (Å²) in [5, 5.41) is 6.61. The molecule has 1 amide bonds. The van der Waals surface area contributed by atoms with Gasteiger partial charge in [0.1, 0.15) is 11.5 Å². The zero-order valence-corrected chi connectivity index (χ0v) is 15.5. The zero-order valence-electron chi connectivity index (χ0n) is 14.7. The van der Waals surface area contributed by atoms with Crippen molar-refractivity contribution < 1.29 is 18.8 Å². The van der Waals surface area contributed by atoms with E-state index < -0.39 is 17.6 Å². The van der Waals surface area contributed by atoms with Crippen LogP contribution < -0.4 is 11.1 Å². The van der Waals surface area contributed by atoms with Crippen LogP contribution in [-0.4, -0.2) is 38.7 Å². The SMILES string of the molecule is COC(=O)c1c(NC(=O)Cn2c(-c3ncccn3)noc2=O)sc(C)c1C. The number of nitrogens with zero attached hydrogens (tertiary/aromatic N) is 4. The van der Waals surface area contributed by atoms with Crippen molar-refractivity contribution in [1.82, 2.24) is 19.7 Å². The third-order valence-electron chi connectivity index (χ3n) is 3.78. The summed E-state index contributed by atoms with van der Waals surface area (Å²) in [6.07, 6.45) is 2.96. The molecule has 3 aromatic rings. The Labute approximate surface area is 156 Å². The van der Waals surface area contributed by atoms with Gasteiger partial charge in [-0.25, -0.2) is 24.1 Å². The molecule has 140 valence electrons. The summed E-state index contributed by atoms with van der Waals surface area (Å²) < 4.78 is 10.4. The maximum absolute atomic E-state index is 12.5. The van der Waals surface area contributed by atoms with Crippen molar-refractivity contribution in [2.24, 2.45) is 0 Å². The van der Waals surface area contributed by atoms with Crippen LogP contribution in [0.3, 0.4) is 0 Å². The number of anilines is 1. The van der Waals surface area contributed by atoms with Crippen LogP contribution >= 0.6 is 11.3 Å². The van der Waals surface area contributed by atoms with Gasteiger partial charge in [0.05, 0.1) is 12.7 Å². The van der Waals surface area contributed by atoms with Crippen LogP contribution in [0.5, 0.6) is 0 Å². The molecule has 0 aliphatic rings. The van der Waals surface area contributed by atoms with Gasteiger partial charge in [-0.15, -0.1) is 11.3 Å². The summed E-state index contributed by atoms with van der Waals surface area (Å²) in [5.41, 5.74) is 1.01. The maximum atomic E-state index is 12.5. The smallest absolute Gasteiger partial charge is 0.442 e. The molecular weight excluding hydrogens is 374 g/mol. The van der Waals surface area contributed by atoms with Gasteiger partial charge in [-0.3, -0.25) is 9.32 Å². The van der Waals surface area contributed by atoms with Gasteiger partial charge in [-0.2, -0.15) is 0 Å². The van der Waals surface area contributed by atoms with Crippen LogP contribution in [0.15, 0.2) is 27.8 Å². The lowest BCUT2D eigenvalue weighted by Crippen LogP contribution is -2.26. The number of hydrogen-bond acceptors (Lipinski definition) is 9. The fraction of sp³-hybridized carbons (Fsp3) is 0.250. The Morgan fingerprint density at radius 3 is 2.67 bits per heavy atom. The number of ether oxygens (including phenoxy) is 1. The van der Waals surface area contributed by atoms with Crippen molar-refractivity contribution in [1.29, 1.82) is 0 Å². The molecule has 0 aliphatic heterocycles. The second kappa shape index (κ2) is 7.50. The molecule has 0 saturated carbocycles. The summed E-state index contributed by atoms with van der Waals surface area (Å²) >= 11 is 1.25. The molecule has 10 nitrogen and oxygen atoms in total. The van der Waals surface area contributed by atoms with Gasteiger partial charge in [0.2, 0.25) is 11.7 Å². The third-order valence-corrected chi connectivity index (χ3v) is 4.90. The van der Waals surface area contributed by atoms with Crippen LogP contribution in [0.4, 0.5) is 5.00 Å². The molecule has 0 atom stereocenters. The van der Waals surface area contributed by atoms with E-state index in [1.807, 2.05) is 6.92 Å². The van der Waals surface area contributed by atoms with Crippen LogP contribution in [0, 0.1) is 13.8 Å². The molecule has 0 bridgehead atoms. The van der Waals surface area contributed by atoms with Crippen molar-refractivity contribution in [2.75, 3.05) is 12.4 Å². The Morgan fingerprint density at radius 1 is 1.30 bits per heavy atom. The van der Waals surface area contributed by atoms with E-state index in [0.29, 0.717) is 5.00 Å². The van der Waals surface area contributed by atoms with E-state index >= 15 is 0 Å². The van der Waals surface area contributed by atoms with E-state index in [0.717, 1.165) is 15.0 Å². The molecule has 0 unspecified atom stereocenters. The average Bonchev–Trinajstić information content (AvgIpc) is 3.15. The molecule has 0 spiro atoms. The molecule has 0 saturated heterocycles. The monoisotopic (exact) mass is 389 g/mol. The highest BCUT2D eigenvalue weighted by atomic mass is 32.1. The Hall–Kier alpha value is -3.34. The lowest BCUT2D eigenvalue weighted by atomic mass is 10.1. The molecule has 0 radical (unpaired) electrons. The molecule has 3 rings (SSSR count). The number of carbonyl (C=O) groups excluding carboxylic acids is 2. The number of aromatic nitrogens is 4. The first-order valence-corrected chi connectivity index (χ1v) is 8.56.